The van der Waals surface area contributed by atoms with E-state index in [-0.39, 0.29) is 4.90 Å². The fraction of sp³-hybridized carbons (Fsp3) is 0.700. The molecule has 0 aliphatic carbocycles. The molecule has 0 aliphatic rings. The van der Waals surface area contributed by atoms with Gasteiger partial charge in [-0.05, 0) is 12.8 Å². The van der Waals surface area contributed by atoms with E-state index in [4.69, 9.17) is 11.6 Å². The van der Waals surface area contributed by atoms with Crippen LogP contribution in [-0.2, 0) is 16.6 Å². The van der Waals surface area contributed by atoms with E-state index in [1.54, 1.807) is 17.9 Å². The van der Waals surface area contributed by atoms with Crippen LogP contribution >= 0.6 is 11.6 Å². The third kappa shape index (κ3) is 3.69. The van der Waals surface area contributed by atoms with Gasteiger partial charge in [-0.3, -0.25) is 4.68 Å². The molecule has 1 heterocycles. The van der Waals surface area contributed by atoms with Crippen LogP contribution in [0.1, 0.15) is 19.8 Å². The van der Waals surface area contributed by atoms with E-state index in [1.165, 1.54) is 10.5 Å². The summed E-state index contributed by atoms with van der Waals surface area (Å²) in [6, 6.07) is 0. The second-order valence-electron chi connectivity index (χ2n) is 3.81. The Morgan fingerprint density at radius 2 is 2.24 bits per heavy atom. The third-order valence-corrected chi connectivity index (χ3v) is 4.45. The van der Waals surface area contributed by atoms with E-state index in [0.29, 0.717) is 19.0 Å². The van der Waals surface area contributed by atoms with Crippen molar-refractivity contribution < 1.29 is 8.42 Å². The molecule has 5 nitrogen and oxygen atoms in total. The number of sulfonamides is 1. The van der Waals surface area contributed by atoms with Crippen molar-refractivity contribution in [3.8, 4) is 0 Å². The van der Waals surface area contributed by atoms with Crippen LogP contribution < -0.4 is 0 Å². The molecule has 0 bridgehead atoms. The molecular formula is C10H18ClN3O2S. The van der Waals surface area contributed by atoms with Crippen molar-refractivity contribution in [1.29, 1.82) is 0 Å². The van der Waals surface area contributed by atoms with Crippen molar-refractivity contribution in [3.63, 3.8) is 0 Å². The van der Waals surface area contributed by atoms with Gasteiger partial charge in [0.15, 0.2) is 0 Å². The Labute approximate surface area is 107 Å². The monoisotopic (exact) mass is 279 g/mol. The summed E-state index contributed by atoms with van der Waals surface area (Å²) in [6.45, 7) is 3.08. The van der Waals surface area contributed by atoms with E-state index in [0.717, 1.165) is 12.8 Å². The average molecular weight is 280 g/mol. The molecule has 0 N–H and O–H groups in total. The van der Waals surface area contributed by atoms with Gasteiger partial charge in [0.2, 0.25) is 10.0 Å². The summed E-state index contributed by atoms with van der Waals surface area (Å²) in [6.07, 6.45) is 4.49. The molecule has 0 aliphatic heterocycles. The summed E-state index contributed by atoms with van der Waals surface area (Å²) in [5.74, 6) is 0.539. The minimum atomic E-state index is -3.39. The van der Waals surface area contributed by atoms with Crippen molar-refractivity contribution in [2.45, 2.75) is 31.2 Å². The standard InChI is InChI=1S/C10H18ClN3O2S/c1-3-6-13(2)17(15,16)10-8-12-14(9-10)7-4-5-11/h8-9H,3-7H2,1-2H3. The highest BCUT2D eigenvalue weighted by atomic mass is 35.5. The Morgan fingerprint density at radius 1 is 1.53 bits per heavy atom. The first-order valence-corrected chi connectivity index (χ1v) is 7.54. The molecule has 0 saturated heterocycles. The highest BCUT2D eigenvalue weighted by molar-refractivity contribution is 7.89. The molecule has 0 aromatic carbocycles. The summed E-state index contributed by atoms with van der Waals surface area (Å²) in [7, 11) is -1.81. The van der Waals surface area contributed by atoms with Crippen LogP contribution in [0.2, 0.25) is 0 Å². The highest BCUT2D eigenvalue weighted by Gasteiger charge is 2.21. The molecule has 0 atom stereocenters. The summed E-state index contributed by atoms with van der Waals surface area (Å²) in [4.78, 5) is 0.239. The lowest BCUT2D eigenvalue weighted by atomic mass is 10.5. The molecule has 1 aromatic heterocycles. The lowest BCUT2D eigenvalue weighted by Gasteiger charge is -2.14. The molecule has 0 saturated carbocycles. The minimum Gasteiger partial charge on any atom is -0.271 e. The SMILES string of the molecule is CCCN(C)S(=O)(=O)c1cnn(CCCCl)c1. The Hall–Kier alpha value is -0.590. The first-order valence-electron chi connectivity index (χ1n) is 5.57. The lowest BCUT2D eigenvalue weighted by molar-refractivity contribution is 0.468. The number of halogens is 1. The normalized spacial score (nSPS) is 12.2. The van der Waals surface area contributed by atoms with Crippen LogP contribution in [0.4, 0.5) is 0 Å². The summed E-state index contributed by atoms with van der Waals surface area (Å²) in [5, 5.41) is 4.01. The molecule has 1 rings (SSSR count). The maximum atomic E-state index is 12.1. The van der Waals surface area contributed by atoms with Crippen molar-refractivity contribution in [1.82, 2.24) is 14.1 Å². The zero-order valence-corrected chi connectivity index (χ0v) is 11.7. The molecule has 7 heteroatoms. The van der Waals surface area contributed by atoms with Crippen LogP contribution in [0.15, 0.2) is 17.3 Å². The second kappa shape index (κ2) is 6.37. The van der Waals surface area contributed by atoms with Crippen molar-refractivity contribution in [2.24, 2.45) is 0 Å². The Bertz CT molecular complexity index is 444. The van der Waals surface area contributed by atoms with Gasteiger partial charge in [0.05, 0.1) is 6.20 Å². The molecule has 0 fully saturated rings. The zero-order valence-electron chi connectivity index (χ0n) is 10.1. The van der Waals surface area contributed by atoms with Crippen molar-refractivity contribution in [3.05, 3.63) is 12.4 Å². The van der Waals surface area contributed by atoms with E-state index in [1.807, 2.05) is 6.92 Å². The molecule has 1 aromatic rings. The van der Waals surface area contributed by atoms with Crippen molar-refractivity contribution >= 4 is 21.6 Å². The topological polar surface area (TPSA) is 55.2 Å². The predicted molar refractivity (Wildman–Crippen MR) is 67.7 cm³/mol. The average Bonchev–Trinajstić information content (AvgIpc) is 2.75. The minimum absolute atomic E-state index is 0.239. The van der Waals surface area contributed by atoms with Gasteiger partial charge in [0.25, 0.3) is 0 Å². The smallest absolute Gasteiger partial charge is 0.245 e. The number of alkyl halides is 1. The van der Waals surface area contributed by atoms with Gasteiger partial charge in [0, 0.05) is 32.2 Å². The number of aryl methyl sites for hydroxylation is 1. The van der Waals surface area contributed by atoms with Crippen LogP contribution in [-0.4, -0.2) is 42.0 Å². The predicted octanol–water partition coefficient (Wildman–Crippen LogP) is 1.54. The number of aromatic nitrogens is 2. The summed E-state index contributed by atoms with van der Waals surface area (Å²) in [5.41, 5.74) is 0. The Morgan fingerprint density at radius 3 is 2.82 bits per heavy atom. The van der Waals surface area contributed by atoms with Gasteiger partial charge < -0.3 is 0 Å². The van der Waals surface area contributed by atoms with Crippen LogP contribution in [0.3, 0.4) is 0 Å². The molecular weight excluding hydrogens is 262 g/mol. The van der Waals surface area contributed by atoms with Crippen LogP contribution in [0, 0.1) is 0 Å². The number of hydrogen-bond acceptors (Lipinski definition) is 3. The van der Waals surface area contributed by atoms with E-state index in [2.05, 4.69) is 5.10 Å². The van der Waals surface area contributed by atoms with Crippen LogP contribution in [0.25, 0.3) is 0 Å². The van der Waals surface area contributed by atoms with Gasteiger partial charge in [0.1, 0.15) is 4.90 Å². The fourth-order valence-electron chi connectivity index (χ4n) is 1.44. The van der Waals surface area contributed by atoms with E-state index in [9.17, 15) is 8.42 Å². The Kier molecular flexibility index (Phi) is 5.42. The van der Waals surface area contributed by atoms with Gasteiger partial charge in [-0.2, -0.15) is 5.10 Å². The zero-order chi connectivity index (χ0) is 12.9. The highest BCUT2D eigenvalue weighted by Crippen LogP contribution is 2.13. The maximum Gasteiger partial charge on any atom is 0.245 e. The molecule has 0 spiro atoms. The largest absolute Gasteiger partial charge is 0.271 e. The maximum absolute atomic E-state index is 12.1. The molecule has 0 unspecified atom stereocenters. The number of hydrogen-bond donors (Lipinski definition) is 0. The van der Waals surface area contributed by atoms with Gasteiger partial charge in [-0.25, -0.2) is 12.7 Å². The van der Waals surface area contributed by atoms with Gasteiger partial charge >= 0.3 is 0 Å². The van der Waals surface area contributed by atoms with Gasteiger partial charge in [-0.1, -0.05) is 6.92 Å². The summed E-state index contributed by atoms with van der Waals surface area (Å²) < 4.78 is 27.1. The molecule has 0 amide bonds. The molecule has 0 radical (unpaired) electrons. The first-order chi connectivity index (χ1) is 8.02. The quantitative estimate of drug-likeness (QED) is 0.712. The number of nitrogens with zero attached hydrogens (tertiary/aromatic N) is 3. The van der Waals surface area contributed by atoms with Crippen LogP contribution in [0.5, 0.6) is 0 Å². The van der Waals surface area contributed by atoms with E-state index >= 15 is 0 Å². The number of rotatable bonds is 7. The summed E-state index contributed by atoms with van der Waals surface area (Å²) >= 11 is 5.57. The fourth-order valence-corrected chi connectivity index (χ4v) is 2.77. The Balaban J connectivity index is 2.81. The molecule has 98 valence electrons. The molecule has 17 heavy (non-hydrogen) atoms. The lowest BCUT2D eigenvalue weighted by Crippen LogP contribution is -2.27. The van der Waals surface area contributed by atoms with Gasteiger partial charge in [-0.15, -0.1) is 11.6 Å². The second-order valence-corrected chi connectivity index (χ2v) is 6.23. The van der Waals surface area contributed by atoms with Crippen molar-refractivity contribution in [2.75, 3.05) is 19.5 Å². The van der Waals surface area contributed by atoms with E-state index < -0.39 is 10.0 Å². The first kappa shape index (κ1) is 14.5. The third-order valence-electron chi connectivity index (χ3n) is 2.38.